The van der Waals surface area contributed by atoms with Crippen molar-refractivity contribution in [1.82, 2.24) is 0 Å². The highest BCUT2D eigenvalue weighted by Crippen LogP contribution is 2.39. The minimum absolute atomic E-state index is 0.0855. The molecule has 2 atom stereocenters. The molecule has 0 amide bonds. The van der Waals surface area contributed by atoms with Gasteiger partial charge < -0.3 is 4.74 Å². The molecule has 0 aromatic heterocycles. The topological polar surface area (TPSA) is 26.3 Å². The summed E-state index contributed by atoms with van der Waals surface area (Å²) < 4.78 is 5.62. The average molecular weight is 303 g/mol. The monoisotopic (exact) mass is 302 g/mol. The Kier molecular flexibility index (Phi) is 5.33. The van der Waals surface area contributed by atoms with E-state index >= 15 is 0 Å². The van der Waals surface area contributed by atoms with E-state index in [9.17, 15) is 4.79 Å². The van der Waals surface area contributed by atoms with Crippen LogP contribution < -0.4 is 0 Å². The van der Waals surface area contributed by atoms with E-state index in [0.717, 1.165) is 12.3 Å². The highest BCUT2D eigenvalue weighted by Gasteiger charge is 2.34. The van der Waals surface area contributed by atoms with Crippen LogP contribution in [0.1, 0.15) is 57.8 Å². The van der Waals surface area contributed by atoms with Gasteiger partial charge in [0.15, 0.2) is 0 Å². The summed E-state index contributed by atoms with van der Waals surface area (Å²) in [5, 5.41) is 0.334. The van der Waals surface area contributed by atoms with Crippen LogP contribution >= 0.6 is 15.9 Å². The average Bonchev–Trinajstić information content (AvgIpc) is 2.40. The number of hydrogen-bond acceptors (Lipinski definition) is 2. The van der Waals surface area contributed by atoms with Gasteiger partial charge in [-0.25, -0.2) is 0 Å². The fraction of sp³-hybridized carbons (Fsp3) is 0.929. The van der Waals surface area contributed by atoms with E-state index in [1.807, 2.05) is 0 Å². The molecule has 0 saturated heterocycles. The van der Waals surface area contributed by atoms with Gasteiger partial charge in [0, 0.05) is 0 Å². The van der Waals surface area contributed by atoms with Crippen molar-refractivity contribution in [1.29, 1.82) is 0 Å². The summed E-state index contributed by atoms with van der Waals surface area (Å²) in [6, 6.07) is 0. The van der Waals surface area contributed by atoms with E-state index in [1.165, 1.54) is 51.4 Å². The van der Waals surface area contributed by atoms with Gasteiger partial charge in [0.05, 0.1) is 0 Å². The number of rotatable bonds is 3. The van der Waals surface area contributed by atoms with E-state index in [0.29, 0.717) is 11.2 Å². The molecule has 2 saturated carbocycles. The number of carbonyl (C=O) groups is 1. The van der Waals surface area contributed by atoms with Crippen LogP contribution in [-0.2, 0) is 9.53 Å². The molecule has 0 aromatic carbocycles. The van der Waals surface area contributed by atoms with Crippen molar-refractivity contribution < 1.29 is 9.53 Å². The van der Waals surface area contributed by atoms with Gasteiger partial charge in [-0.05, 0) is 31.1 Å². The molecule has 0 aliphatic heterocycles. The Morgan fingerprint density at radius 2 is 1.65 bits per heavy atom. The van der Waals surface area contributed by atoms with Gasteiger partial charge in [0.2, 0.25) is 0 Å². The Bertz CT molecular complexity index is 249. The van der Waals surface area contributed by atoms with Crippen LogP contribution in [-0.4, -0.2) is 17.4 Å². The predicted molar refractivity (Wildman–Crippen MR) is 72.2 cm³/mol. The van der Waals surface area contributed by atoms with Gasteiger partial charge in [-0.3, -0.25) is 4.79 Å². The molecular weight excluding hydrogens is 280 g/mol. The Morgan fingerprint density at radius 3 is 2.35 bits per heavy atom. The maximum absolute atomic E-state index is 11.4. The smallest absolute Gasteiger partial charge is 0.316 e. The third kappa shape index (κ3) is 3.70. The van der Waals surface area contributed by atoms with Crippen LogP contribution in [0.25, 0.3) is 0 Å². The van der Waals surface area contributed by atoms with Crippen LogP contribution in [0.4, 0.5) is 0 Å². The summed E-state index contributed by atoms with van der Waals surface area (Å²) in [5.74, 6) is 1.38. The highest BCUT2D eigenvalue weighted by molar-refractivity contribution is 9.09. The molecule has 98 valence electrons. The lowest BCUT2D eigenvalue weighted by Gasteiger charge is -2.38. The van der Waals surface area contributed by atoms with Crippen LogP contribution in [0.15, 0.2) is 0 Å². The van der Waals surface area contributed by atoms with Crippen molar-refractivity contribution in [3.63, 3.8) is 0 Å². The third-order valence-electron chi connectivity index (χ3n) is 4.40. The molecule has 0 N–H and O–H groups in total. The van der Waals surface area contributed by atoms with Gasteiger partial charge in [-0.1, -0.05) is 54.5 Å². The molecule has 17 heavy (non-hydrogen) atoms. The minimum Gasteiger partial charge on any atom is -0.461 e. The van der Waals surface area contributed by atoms with Crippen molar-refractivity contribution in [3.8, 4) is 0 Å². The highest BCUT2D eigenvalue weighted by atomic mass is 79.9. The first kappa shape index (κ1) is 13.4. The molecule has 2 fully saturated rings. The molecule has 3 heteroatoms. The second-order valence-corrected chi connectivity index (χ2v) is 6.07. The molecule has 2 aliphatic carbocycles. The Balaban J connectivity index is 1.93. The molecule has 0 heterocycles. The fourth-order valence-corrected chi connectivity index (χ4v) is 3.71. The van der Waals surface area contributed by atoms with Crippen LogP contribution in [0.5, 0.6) is 0 Å². The number of halogens is 1. The molecule has 0 aromatic rings. The number of esters is 1. The number of carbonyl (C=O) groups excluding carboxylic acids is 1. The zero-order valence-corrected chi connectivity index (χ0v) is 12.1. The first-order valence-corrected chi connectivity index (χ1v) is 8.19. The van der Waals surface area contributed by atoms with Gasteiger partial charge in [-0.2, -0.15) is 0 Å². The van der Waals surface area contributed by atoms with Crippen molar-refractivity contribution >= 4 is 21.9 Å². The predicted octanol–water partition coefficient (Wildman–Crippen LogP) is 4.06. The van der Waals surface area contributed by atoms with Gasteiger partial charge in [-0.15, -0.1) is 0 Å². The van der Waals surface area contributed by atoms with Gasteiger partial charge in [0.1, 0.15) is 11.4 Å². The zero-order chi connectivity index (χ0) is 12.1. The maximum atomic E-state index is 11.4. The lowest BCUT2D eigenvalue weighted by atomic mass is 9.72. The summed E-state index contributed by atoms with van der Waals surface area (Å²) in [7, 11) is 0. The van der Waals surface area contributed by atoms with Crippen molar-refractivity contribution in [2.75, 3.05) is 5.33 Å². The molecular formula is C14H23BrO2. The summed E-state index contributed by atoms with van der Waals surface area (Å²) >= 11 is 3.18. The van der Waals surface area contributed by atoms with Crippen molar-refractivity contribution in [3.05, 3.63) is 0 Å². The second kappa shape index (κ2) is 6.77. The molecule has 0 unspecified atom stereocenters. The molecule has 0 spiro atoms. The lowest BCUT2D eigenvalue weighted by molar-refractivity contribution is -0.152. The van der Waals surface area contributed by atoms with E-state index in [2.05, 4.69) is 15.9 Å². The normalized spacial score (nSPS) is 31.1. The quantitative estimate of drug-likeness (QED) is 0.580. The van der Waals surface area contributed by atoms with E-state index in [4.69, 9.17) is 4.74 Å². The minimum atomic E-state index is -0.0855. The summed E-state index contributed by atoms with van der Waals surface area (Å²) in [5.41, 5.74) is 0. The van der Waals surface area contributed by atoms with Gasteiger partial charge >= 0.3 is 5.97 Å². The van der Waals surface area contributed by atoms with Crippen molar-refractivity contribution in [2.24, 2.45) is 11.8 Å². The number of ether oxygens (including phenoxy) is 1. The van der Waals surface area contributed by atoms with E-state index < -0.39 is 0 Å². The molecule has 2 rings (SSSR count). The molecule has 2 nitrogen and oxygen atoms in total. The Labute approximate surface area is 113 Å². The Hall–Kier alpha value is -0.0500. The summed E-state index contributed by atoms with van der Waals surface area (Å²) in [6.07, 6.45) is 12.0. The van der Waals surface area contributed by atoms with Crippen LogP contribution in [0, 0.1) is 11.8 Å². The summed E-state index contributed by atoms with van der Waals surface area (Å²) in [6.45, 7) is 0. The van der Waals surface area contributed by atoms with Crippen molar-refractivity contribution in [2.45, 2.75) is 63.9 Å². The summed E-state index contributed by atoms with van der Waals surface area (Å²) in [4.78, 5) is 11.4. The Morgan fingerprint density at radius 1 is 1.00 bits per heavy atom. The molecule has 0 radical (unpaired) electrons. The lowest BCUT2D eigenvalue weighted by Crippen LogP contribution is -2.36. The van der Waals surface area contributed by atoms with E-state index in [-0.39, 0.29) is 12.1 Å². The molecule has 2 aliphatic rings. The molecule has 0 bridgehead atoms. The first-order chi connectivity index (χ1) is 8.31. The van der Waals surface area contributed by atoms with Gasteiger partial charge in [0.25, 0.3) is 0 Å². The van der Waals surface area contributed by atoms with E-state index in [1.54, 1.807) is 0 Å². The second-order valence-electron chi connectivity index (χ2n) is 5.51. The van der Waals surface area contributed by atoms with Crippen LogP contribution in [0.2, 0.25) is 0 Å². The largest absolute Gasteiger partial charge is 0.461 e. The maximum Gasteiger partial charge on any atom is 0.316 e. The van der Waals surface area contributed by atoms with Crippen LogP contribution in [0.3, 0.4) is 0 Å². The fourth-order valence-electron chi connectivity index (χ4n) is 3.57. The number of alkyl halides is 1. The standard InChI is InChI=1S/C14H23BrO2/c15-10-14(16)17-13-9-5-4-8-12(13)11-6-2-1-3-7-11/h11-13H,1-10H2/t12-,13+/m0/s1. The number of hydrogen-bond donors (Lipinski definition) is 0. The SMILES string of the molecule is O=C(CBr)O[C@@H]1CCCC[C@H]1C1CCCCC1. The zero-order valence-electron chi connectivity index (χ0n) is 10.5. The first-order valence-electron chi connectivity index (χ1n) is 7.06. The third-order valence-corrected chi connectivity index (χ3v) is 4.86.